The number of nitrogens with zero attached hydrogens (tertiary/aromatic N) is 2. The third-order valence-electron chi connectivity index (χ3n) is 3.31. The third kappa shape index (κ3) is 2.80. The second-order valence-corrected chi connectivity index (χ2v) is 4.97. The fraction of sp³-hybridized carbons (Fsp3) is 0.188. The van der Waals surface area contributed by atoms with E-state index in [9.17, 15) is 9.59 Å². The average Bonchev–Trinajstić information content (AvgIpc) is 2.55. The molecule has 7 nitrogen and oxygen atoms in total. The Labute approximate surface area is 133 Å². The summed E-state index contributed by atoms with van der Waals surface area (Å²) >= 11 is 0. The largest absolute Gasteiger partial charge is 0.461 e. The molecule has 2 N–H and O–H groups in total. The summed E-state index contributed by atoms with van der Waals surface area (Å²) in [5, 5.41) is 3.97. The van der Waals surface area contributed by atoms with Gasteiger partial charge in [-0.05, 0) is 19.9 Å². The molecule has 0 fully saturated rings. The van der Waals surface area contributed by atoms with Gasteiger partial charge in [0.05, 0.1) is 12.3 Å². The Hall–Kier alpha value is -3.09. The van der Waals surface area contributed by atoms with E-state index in [4.69, 9.17) is 4.74 Å². The van der Waals surface area contributed by atoms with Crippen molar-refractivity contribution in [2.45, 2.75) is 13.8 Å². The van der Waals surface area contributed by atoms with Gasteiger partial charge in [0.2, 0.25) is 0 Å². The van der Waals surface area contributed by atoms with Gasteiger partial charge in [0.15, 0.2) is 11.5 Å². The molecule has 3 rings (SSSR count). The smallest absolute Gasteiger partial charge is 0.358 e. The van der Waals surface area contributed by atoms with Crippen LogP contribution >= 0.6 is 0 Å². The highest BCUT2D eigenvalue weighted by Gasteiger charge is 2.33. The number of carbonyl (C=O) groups is 2. The van der Waals surface area contributed by atoms with E-state index in [1.807, 2.05) is 43.3 Å². The highest BCUT2D eigenvalue weighted by Crippen LogP contribution is 2.29. The number of hydrazine groups is 1. The number of rotatable bonds is 3. The lowest BCUT2D eigenvalue weighted by molar-refractivity contribution is -0.139. The Morgan fingerprint density at radius 2 is 2.04 bits per heavy atom. The third-order valence-corrected chi connectivity index (χ3v) is 3.31. The Morgan fingerprint density at radius 1 is 1.30 bits per heavy atom. The zero-order valence-corrected chi connectivity index (χ0v) is 12.8. The van der Waals surface area contributed by atoms with Gasteiger partial charge in [0.1, 0.15) is 0 Å². The summed E-state index contributed by atoms with van der Waals surface area (Å²) in [5.74, 6) is -0.310. The first-order valence-corrected chi connectivity index (χ1v) is 7.21. The van der Waals surface area contributed by atoms with E-state index in [0.29, 0.717) is 5.82 Å². The number of allylic oxidation sites excluding steroid dienone is 1. The van der Waals surface area contributed by atoms with E-state index in [-0.39, 0.29) is 12.3 Å². The normalized spacial score (nSPS) is 16.8. The lowest BCUT2D eigenvalue weighted by atomic mass is 10.1. The Kier molecular flexibility index (Phi) is 3.84. The number of benzene rings is 1. The number of urea groups is 1. The molecule has 1 aromatic carbocycles. The quantitative estimate of drug-likeness (QED) is 0.833. The van der Waals surface area contributed by atoms with E-state index in [0.717, 1.165) is 17.0 Å². The second-order valence-electron chi connectivity index (χ2n) is 4.97. The number of hydrogen-bond acceptors (Lipinski definition) is 5. The Bertz CT molecular complexity index is 750. The van der Waals surface area contributed by atoms with Crippen LogP contribution in [0, 0.1) is 0 Å². The fourth-order valence-corrected chi connectivity index (χ4v) is 2.37. The van der Waals surface area contributed by atoms with Gasteiger partial charge in [0.25, 0.3) is 0 Å². The van der Waals surface area contributed by atoms with Crippen LogP contribution in [0.1, 0.15) is 19.4 Å². The van der Waals surface area contributed by atoms with E-state index in [1.54, 1.807) is 6.92 Å². The van der Waals surface area contributed by atoms with E-state index in [1.165, 1.54) is 5.01 Å². The van der Waals surface area contributed by atoms with Crippen LogP contribution in [-0.2, 0) is 9.53 Å². The minimum atomic E-state index is -0.617. The lowest BCUT2D eigenvalue weighted by Gasteiger charge is -2.35. The maximum atomic E-state index is 12.1. The molecule has 2 aliphatic rings. The highest BCUT2D eigenvalue weighted by molar-refractivity contribution is 6.04. The zero-order chi connectivity index (χ0) is 16.4. The molecule has 0 spiro atoms. The van der Waals surface area contributed by atoms with Gasteiger partial charge in [-0.15, -0.1) is 0 Å². The molecule has 0 bridgehead atoms. The first-order valence-electron chi connectivity index (χ1n) is 7.21. The van der Waals surface area contributed by atoms with E-state index < -0.39 is 12.0 Å². The average molecular weight is 312 g/mol. The molecule has 2 aliphatic heterocycles. The van der Waals surface area contributed by atoms with Crippen LogP contribution in [0.2, 0.25) is 0 Å². The van der Waals surface area contributed by atoms with Crippen molar-refractivity contribution in [2.24, 2.45) is 4.99 Å². The van der Waals surface area contributed by atoms with Crippen molar-refractivity contribution >= 4 is 23.4 Å². The van der Waals surface area contributed by atoms with Crippen molar-refractivity contribution in [1.82, 2.24) is 15.8 Å². The number of amides is 2. The van der Waals surface area contributed by atoms with Crippen LogP contribution in [0.15, 0.2) is 52.9 Å². The minimum absolute atomic E-state index is 0.0245. The van der Waals surface area contributed by atoms with Crippen LogP contribution in [0.4, 0.5) is 4.79 Å². The van der Waals surface area contributed by atoms with Crippen LogP contribution in [0.3, 0.4) is 0 Å². The molecular formula is C16H16N4O3. The number of carbonyl (C=O) groups excluding carboxylic acids is 2. The summed E-state index contributed by atoms with van der Waals surface area (Å²) < 4.78 is 5.00. The standard InChI is InChI=1S/C16H16N4O3/c1-3-23-15(21)13-14-17-10(2)9-12(11-7-5-4-6-8-11)20(14)19-16(22)18-13/h4-9H,3H2,1-2H3,(H2,18,19,22). The van der Waals surface area contributed by atoms with Gasteiger partial charge in [-0.1, -0.05) is 30.3 Å². The summed E-state index contributed by atoms with van der Waals surface area (Å²) in [6.07, 6.45) is 1.84. The SMILES string of the molecule is CCOC(=O)C1=C2N=C(C)C=C(c3ccccc3)N2NC(=O)N1. The first-order chi connectivity index (χ1) is 11.1. The van der Waals surface area contributed by atoms with Gasteiger partial charge >= 0.3 is 12.0 Å². The molecule has 118 valence electrons. The maximum Gasteiger partial charge on any atom is 0.358 e. The molecule has 0 unspecified atom stereocenters. The van der Waals surface area contributed by atoms with Gasteiger partial charge < -0.3 is 4.74 Å². The topological polar surface area (TPSA) is 83.0 Å². The predicted octanol–water partition coefficient (Wildman–Crippen LogP) is 1.76. The molecule has 23 heavy (non-hydrogen) atoms. The van der Waals surface area contributed by atoms with E-state index in [2.05, 4.69) is 15.7 Å². The van der Waals surface area contributed by atoms with Crippen LogP contribution in [0.5, 0.6) is 0 Å². The summed E-state index contributed by atoms with van der Waals surface area (Å²) in [5.41, 5.74) is 5.02. The van der Waals surface area contributed by atoms with Crippen molar-refractivity contribution in [1.29, 1.82) is 0 Å². The van der Waals surface area contributed by atoms with Crippen molar-refractivity contribution in [3.8, 4) is 0 Å². The number of hydrogen-bond donors (Lipinski definition) is 2. The van der Waals surface area contributed by atoms with Gasteiger partial charge in [-0.2, -0.15) is 0 Å². The second kappa shape index (κ2) is 5.96. The number of ether oxygens (including phenoxy) is 1. The molecular weight excluding hydrogens is 296 g/mol. The van der Waals surface area contributed by atoms with Crippen LogP contribution in [0.25, 0.3) is 5.70 Å². The molecule has 2 amide bonds. The van der Waals surface area contributed by atoms with Crippen molar-refractivity contribution in [3.05, 3.63) is 53.5 Å². The summed E-state index contributed by atoms with van der Waals surface area (Å²) in [6.45, 7) is 3.74. The molecule has 7 heteroatoms. The predicted molar refractivity (Wildman–Crippen MR) is 84.7 cm³/mol. The van der Waals surface area contributed by atoms with Crippen molar-refractivity contribution < 1.29 is 14.3 Å². The molecule has 0 aromatic heterocycles. The maximum absolute atomic E-state index is 12.1. The fourth-order valence-electron chi connectivity index (χ4n) is 2.37. The Morgan fingerprint density at radius 3 is 2.74 bits per heavy atom. The zero-order valence-electron chi connectivity index (χ0n) is 12.8. The molecule has 0 saturated carbocycles. The molecule has 0 radical (unpaired) electrons. The summed E-state index contributed by atoms with van der Waals surface area (Å²) in [4.78, 5) is 28.4. The monoisotopic (exact) mass is 312 g/mol. The number of aliphatic imine (C=N–C) groups is 1. The molecule has 2 heterocycles. The Balaban J connectivity index is 2.10. The molecule has 1 aromatic rings. The highest BCUT2D eigenvalue weighted by atomic mass is 16.5. The lowest BCUT2D eigenvalue weighted by Crippen LogP contribution is -2.53. The van der Waals surface area contributed by atoms with Crippen molar-refractivity contribution in [3.63, 3.8) is 0 Å². The minimum Gasteiger partial charge on any atom is -0.461 e. The van der Waals surface area contributed by atoms with Gasteiger partial charge in [-0.3, -0.25) is 5.32 Å². The number of fused-ring (bicyclic) bond motifs is 1. The van der Waals surface area contributed by atoms with Crippen molar-refractivity contribution in [2.75, 3.05) is 6.61 Å². The van der Waals surface area contributed by atoms with Gasteiger partial charge in [0, 0.05) is 11.3 Å². The van der Waals surface area contributed by atoms with Gasteiger partial charge in [-0.25, -0.2) is 25.0 Å². The summed E-state index contributed by atoms with van der Waals surface area (Å²) in [7, 11) is 0. The summed E-state index contributed by atoms with van der Waals surface area (Å²) in [6, 6.07) is 9.02. The molecule has 0 aliphatic carbocycles. The van der Waals surface area contributed by atoms with Crippen LogP contribution in [-0.4, -0.2) is 29.3 Å². The number of esters is 1. The molecule has 0 saturated heterocycles. The van der Waals surface area contributed by atoms with Crippen LogP contribution < -0.4 is 10.7 Å². The first kappa shape index (κ1) is 14.8. The number of nitrogens with one attached hydrogen (secondary N) is 2. The van der Waals surface area contributed by atoms with E-state index >= 15 is 0 Å². The molecule has 0 atom stereocenters.